The van der Waals surface area contributed by atoms with E-state index in [1.165, 1.54) is 5.56 Å². The zero-order valence-corrected chi connectivity index (χ0v) is 13.4. The highest BCUT2D eigenvalue weighted by Gasteiger charge is 2.29. The summed E-state index contributed by atoms with van der Waals surface area (Å²) in [5.74, 6) is -0.00652. The number of aliphatic hydroxyl groups is 1. The molecular formula is C19H22N2O2. The van der Waals surface area contributed by atoms with Crippen molar-refractivity contribution in [3.63, 3.8) is 0 Å². The number of β-amino-alcohol motifs (C(OH)–C–C–N with tert-alkyl or cyclic N) is 1. The molecule has 1 fully saturated rings. The van der Waals surface area contributed by atoms with E-state index >= 15 is 0 Å². The molecule has 1 aliphatic heterocycles. The molecule has 2 aromatic carbocycles. The van der Waals surface area contributed by atoms with Gasteiger partial charge < -0.3 is 14.9 Å². The summed E-state index contributed by atoms with van der Waals surface area (Å²) in [4.78, 5) is 16.2. The van der Waals surface area contributed by atoms with Crippen molar-refractivity contribution >= 4 is 11.6 Å². The third kappa shape index (κ3) is 3.54. The van der Waals surface area contributed by atoms with Crippen LogP contribution in [0.15, 0.2) is 54.6 Å². The van der Waals surface area contributed by atoms with Gasteiger partial charge in [-0.2, -0.15) is 0 Å². The fourth-order valence-corrected chi connectivity index (χ4v) is 2.81. The molecule has 2 aromatic rings. The Morgan fingerprint density at radius 2 is 1.78 bits per heavy atom. The Hall–Kier alpha value is -2.33. The van der Waals surface area contributed by atoms with E-state index in [4.69, 9.17) is 0 Å². The van der Waals surface area contributed by atoms with Gasteiger partial charge in [-0.05, 0) is 36.8 Å². The Kier molecular flexibility index (Phi) is 4.63. The Balaban J connectivity index is 1.69. The number of aliphatic hydroxyl groups excluding tert-OH is 1. The molecule has 3 rings (SSSR count). The molecule has 4 nitrogen and oxygen atoms in total. The van der Waals surface area contributed by atoms with Crippen LogP contribution in [-0.2, 0) is 6.54 Å². The minimum Gasteiger partial charge on any atom is -0.389 e. The summed E-state index contributed by atoms with van der Waals surface area (Å²) >= 11 is 0. The second-order valence-electron chi connectivity index (χ2n) is 5.91. The van der Waals surface area contributed by atoms with Crippen molar-refractivity contribution in [3.8, 4) is 0 Å². The number of hydrogen-bond acceptors (Lipinski definition) is 3. The van der Waals surface area contributed by atoms with E-state index in [2.05, 4.69) is 24.0 Å². The third-order valence-corrected chi connectivity index (χ3v) is 4.23. The Morgan fingerprint density at radius 1 is 1.13 bits per heavy atom. The van der Waals surface area contributed by atoms with Gasteiger partial charge >= 0.3 is 0 Å². The normalized spacial score (nSPS) is 14.4. The number of carbonyl (C=O) groups excluding carboxylic acids is 1. The van der Waals surface area contributed by atoms with Crippen molar-refractivity contribution in [2.75, 3.05) is 24.5 Å². The van der Waals surface area contributed by atoms with E-state index in [0.29, 0.717) is 18.7 Å². The highest BCUT2D eigenvalue weighted by atomic mass is 16.3. The predicted octanol–water partition coefficient (Wildman–Crippen LogP) is 2.53. The molecule has 1 aliphatic rings. The van der Waals surface area contributed by atoms with Crippen molar-refractivity contribution in [2.45, 2.75) is 19.6 Å². The number of nitrogens with zero attached hydrogens (tertiary/aromatic N) is 2. The van der Waals surface area contributed by atoms with E-state index in [1.54, 1.807) is 4.90 Å². The van der Waals surface area contributed by atoms with Gasteiger partial charge in [-0.1, -0.05) is 30.3 Å². The van der Waals surface area contributed by atoms with Crippen molar-refractivity contribution in [1.82, 2.24) is 4.90 Å². The summed E-state index contributed by atoms with van der Waals surface area (Å²) in [6.45, 7) is 4.76. The van der Waals surface area contributed by atoms with Crippen molar-refractivity contribution < 1.29 is 9.90 Å². The molecule has 1 N–H and O–H groups in total. The number of likely N-dealkylation sites (tertiary alicyclic amines) is 1. The van der Waals surface area contributed by atoms with Gasteiger partial charge in [-0.3, -0.25) is 4.79 Å². The van der Waals surface area contributed by atoms with E-state index in [9.17, 15) is 9.90 Å². The summed E-state index contributed by atoms with van der Waals surface area (Å²) in [7, 11) is 0. The van der Waals surface area contributed by atoms with Gasteiger partial charge in [0.25, 0.3) is 5.91 Å². The smallest absolute Gasteiger partial charge is 0.254 e. The lowest BCUT2D eigenvalue weighted by molar-refractivity contribution is 0.00589. The highest BCUT2D eigenvalue weighted by molar-refractivity contribution is 5.95. The molecular weight excluding hydrogens is 288 g/mol. The molecule has 23 heavy (non-hydrogen) atoms. The number of amides is 1. The van der Waals surface area contributed by atoms with Crippen LogP contribution in [0.3, 0.4) is 0 Å². The summed E-state index contributed by atoms with van der Waals surface area (Å²) in [5.41, 5.74) is 3.05. The maximum Gasteiger partial charge on any atom is 0.254 e. The standard InChI is InChI=1S/C19H22N2O2/c1-2-20(12-15-6-4-3-5-7-15)17-10-8-16(9-11-17)19(23)21-13-18(22)14-21/h3-11,18,22H,2,12-14H2,1H3. The molecule has 0 saturated carbocycles. The zero-order chi connectivity index (χ0) is 16.2. The first-order valence-corrected chi connectivity index (χ1v) is 8.03. The molecule has 120 valence electrons. The van der Waals surface area contributed by atoms with Crippen LogP contribution in [0.25, 0.3) is 0 Å². The lowest BCUT2D eigenvalue weighted by Gasteiger charge is -2.36. The topological polar surface area (TPSA) is 43.8 Å². The van der Waals surface area contributed by atoms with E-state index in [1.807, 2.05) is 42.5 Å². The summed E-state index contributed by atoms with van der Waals surface area (Å²) in [6.07, 6.45) is -0.361. The molecule has 0 radical (unpaired) electrons. The van der Waals surface area contributed by atoms with Crippen molar-refractivity contribution in [2.24, 2.45) is 0 Å². The van der Waals surface area contributed by atoms with Crippen LogP contribution < -0.4 is 4.90 Å². The molecule has 0 spiro atoms. The zero-order valence-electron chi connectivity index (χ0n) is 13.4. The molecule has 0 unspecified atom stereocenters. The quantitative estimate of drug-likeness (QED) is 0.923. The largest absolute Gasteiger partial charge is 0.389 e. The average Bonchev–Trinajstić information content (AvgIpc) is 2.57. The van der Waals surface area contributed by atoms with Crippen LogP contribution in [0.1, 0.15) is 22.8 Å². The Morgan fingerprint density at radius 3 is 2.35 bits per heavy atom. The van der Waals surface area contributed by atoms with Gasteiger partial charge in [0.1, 0.15) is 0 Å². The van der Waals surface area contributed by atoms with Crippen LogP contribution in [0.4, 0.5) is 5.69 Å². The fourth-order valence-electron chi connectivity index (χ4n) is 2.81. The average molecular weight is 310 g/mol. The van der Waals surface area contributed by atoms with Gasteiger partial charge in [0.15, 0.2) is 0 Å². The van der Waals surface area contributed by atoms with E-state index in [0.717, 1.165) is 18.8 Å². The van der Waals surface area contributed by atoms with Gasteiger partial charge in [-0.25, -0.2) is 0 Å². The molecule has 0 bridgehead atoms. The predicted molar refractivity (Wildman–Crippen MR) is 91.5 cm³/mol. The maximum atomic E-state index is 12.2. The highest BCUT2D eigenvalue weighted by Crippen LogP contribution is 2.20. The van der Waals surface area contributed by atoms with Crippen LogP contribution in [-0.4, -0.2) is 41.7 Å². The number of carbonyl (C=O) groups is 1. The molecule has 1 saturated heterocycles. The number of hydrogen-bond donors (Lipinski definition) is 1. The molecule has 1 heterocycles. The minimum absolute atomic E-state index is 0.00652. The van der Waals surface area contributed by atoms with E-state index < -0.39 is 0 Å². The summed E-state index contributed by atoms with van der Waals surface area (Å²) in [5, 5.41) is 9.30. The first-order valence-electron chi connectivity index (χ1n) is 8.03. The molecule has 0 atom stereocenters. The summed E-state index contributed by atoms with van der Waals surface area (Å²) in [6, 6.07) is 18.1. The number of benzene rings is 2. The first-order chi connectivity index (χ1) is 11.2. The van der Waals surface area contributed by atoms with Crippen LogP contribution in [0.2, 0.25) is 0 Å². The van der Waals surface area contributed by atoms with Gasteiger partial charge in [-0.15, -0.1) is 0 Å². The lowest BCUT2D eigenvalue weighted by atomic mass is 10.1. The Bertz CT molecular complexity index is 649. The SMILES string of the molecule is CCN(Cc1ccccc1)c1ccc(C(=O)N2CC(O)C2)cc1. The number of rotatable bonds is 5. The maximum absolute atomic E-state index is 12.2. The fraction of sp³-hybridized carbons (Fsp3) is 0.316. The Labute approximate surface area is 137 Å². The van der Waals surface area contributed by atoms with Gasteiger partial charge in [0.2, 0.25) is 0 Å². The van der Waals surface area contributed by atoms with Crippen molar-refractivity contribution in [1.29, 1.82) is 0 Å². The second kappa shape index (κ2) is 6.84. The lowest BCUT2D eigenvalue weighted by Crippen LogP contribution is -2.53. The molecule has 4 heteroatoms. The van der Waals surface area contributed by atoms with Crippen LogP contribution >= 0.6 is 0 Å². The minimum atomic E-state index is -0.361. The monoisotopic (exact) mass is 310 g/mol. The van der Waals surface area contributed by atoms with Crippen molar-refractivity contribution in [3.05, 3.63) is 65.7 Å². The van der Waals surface area contributed by atoms with Gasteiger partial charge in [0, 0.05) is 37.4 Å². The third-order valence-electron chi connectivity index (χ3n) is 4.23. The molecule has 1 amide bonds. The van der Waals surface area contributed by atoms with Gasteiger partial charge in [0.05, 0.1) is 6.10 Å². The molecule has 0 aromatic heterocycles. The van der Waals surface area contributed by atoms with Crippen LogP contribution in [0, 0.1) is 0 Å². The molecule has 0 aliphatic carbocycles. The number of anilines is 1. The van der Waals surface area contributed by atoms with E-state index in [-0.39, 0.29) is 12.0 Å². The second-order valence-corrected chi connectivity index (χ2v) is 5.91. The first kappa shape index (κ1) is 15.6. The summed E-state index contributed by atoms with van der Waals surface area (Å²) < 4.78 is 0. The van der Waals surface area contributed by atoms with Crippen LogP contribution in [0.5, 0.6) is 0 Å².